The fourth-order valence-corrected chi connectivity index (χ4v) is 12.0. The van der Waals surface area contributed by atoms with Crippen LogP contribution in [0.4, 0.5) is 68.2 Å². The summed E-state index contributed by atoms with van der Waals surface area (Å²) in [4.78, 5) is 9.25. The SMILES string of the molecule is c1ccc(N(c2ccccc2)c2ccc(-c3ccc(N(c4ccccc4)c4ccc(-c5ccccc5-c5ccccc5-c5ccc(N(c6ccccc6)c6ccc(-c7ccc(N(c8ccccc8)c8ccccc8)cc7)cc6)cc5)cc4)cc3)cc2)cc1. The van der Waals surface area contributed by atoms with Gasteiger partial charge in [0.1, 0.15) is 0 Å². The van der Waals surface area contributed by atoms with Crippen LogP contribution in [0.25, 0.3) is 55.6 Å². The van der Waals surface area contributed by atoms with Gasteiger partial charge in [-0.1, -0.05) is 231 Å². The van der Waals surface area contributed by atoms with Crippen molar-refractivity contribution in [3.8, 4) is 55.6 Å². The Hall–Kier alpha value is -11.7. The van der Waals surface area contributed by atoms with Gasteiger partial charge in [0.05, 0.1) is 0 Å². The van der Waals surface area contributed by atoms with Gasteiger partial charge in [0, 0.05) is 68.2 Å². The Balaban J connectivity index is 0.714. The van der Waals surface area contributed by atoms with Crippen molar-refractivity contribution in [1.82, 2.24) is 0 Å². The Labute approximate surface area is 516 Å². The number of anilines is 12. The average molecular weight is 1130 g/mol. The van der Waals surface area contributed by atoms with Crippen LogP contribution in [0.2, 0.25) is 0 Å². The highest BCUT2D eigenvalue weighted by Crippen LogP contribution is 2.44. The van der Waals surface area contributed by atoms with E-state index in [2.05, 4.69) is 396 Å². The van der Waals surface area contributed by atoms with Gasteiger partial charge in [0.2, 0.25) is 0 Å². The first kappa shape index (κ1) is 54.2. The van der Waals surface area contributed by atoms with Crippen LogP contribution in [0.1, 0.15) is 0 Å². The summed E-state index contributed by atoms with van der Waals surface area (Å²) in [6.45, 7) is 0. The summed E-state index contributed by atoms with van der Waals surface area (Å²) in [6, 6.07) is 135. The summed E-state index contributed by atoms with van der Waals surface area (Å²) in [6.07, 6.45) is 0. The Morgan fingerprint density at radius 2 is 0.239 bits per heavy atom. The molecule has 0 aromatic heterocycles. The second-order valence-electron chi connectivity index (χ2n) is 21.7. The molecule has 0 aliphatic carbocycles. The van der Waals surface area contributed by atoms with Crippen LogP contribution in [0.5, 0.6) is 0 Å². The lowest BCUT2D eigenvalue weighted by Crippen LogP contribution is -2.10. The first-order chi connectivity index (χ1) is 43.7. The molecule has 4 nitrogen and oxygen atoms in total. The highest BCUT2D eigenvalue weighted by Gasteiger charge is 2.19. The molecule has 88 heavy (non-hydrogen) atoms. The second kappa shape index (κ2) is 25.2. The van der Waals surface area contributed by atoms with Crippen molar-refractivity contribution in [1.29, 1.82) is 0 Å². The molecule has 418 valence electrons. The Morgan fingerprint density at radius 1 is 0.102 bits per heavy atom. The first-order valence-corrected chi connectivity index (χ1v) is 30.0. The number of nitrogens with zero attached hydrogens (tertiary/aromatic N) is 4. The second-order valence-corrected chi connectivity index (χ2v) is 21.7. The van der Waals surface area contributed by atoms with Crippen LogP contribution in [-0.2, 0) is 0 Å². The summed E-state index contributed by atoms with van der Waals surface area (Å²) in [5.74, 6) is 0. The zero-order valence-corrected chi connectivity index (χ0v) is 48.6. The maximum atomic E-state index is 2.33. The number of para-hydroxylation sites is 6. The molecule has 14 aromatic carbocycles. The summed E-state index contributed by atoms with van der Waals surface area (Å²) >= 11 is 0. The van der Waals surface area contributed by atoms with Gasteiger partial charge < -0.3 is 19.6 Å². The molecule has 14 rings (SSSR count). The summed E-state index contributed by atoms with van der Waals surface area (Å²) < 4.78 is 0. The van der Waals surface area contributed by atoms with E-state index in [1.165, 1.54) is 22.3 Å². The fraction of sp³-hybridized carbons (Fsp3) is 0. The van der Waals surface area contributed by atoms with E-state index < -0.39 is 0 Å². The van der Waals surface area contributed by atoms with E-state index in [1.54, 1.807) is 0 Å². The van der Waals surface area contributed by atoms with Crippen LogP contribution in [0.3, 0.4) is 0 Å². The molecule has 0 bridgehead atoms. The van der Waals surface area contributed by atoms with Crippen molar-refractivity contribution in [2.45, 2.75) is 0 Å². The summed E-state index contributed by atoms with van der Waals surface area (Å²) in [5, 5.41) is 0. The fourth-order valence-electron chi connectivity index (χ4n) is 12.0. The molecule has 0 saturated carbocycles. The van der Waals surface area contributed by atoms with Gasteiger partial charge in [-0.05, 0) is 201 Å². The standard InChI is InChI=1S/C84H62N4/c1-7-23-69(24-8-1)85(70-25-9-2-10-26-70)75-51-39-63(40-52-75)65-43-55-77(56-44-65)87(73-31-15-5-16-32-73)79-59-47-67(48-60-79)81-35-19-21-37-83(81)84-38-22-20-36-82(84)68-49-61-80(62-50-68)88(74-33-17-6-18-34-74)78-57-45-66(46-58-78)64-41-53-76(54-42-64)86(71-27-11-3-12-28-71)72-29-13-4-14-30-72/h1-62H. The predicted molar refractivity (Wildman–Crippen MR) is 372 cm³/mol. The van der Waals surface area contributed by atoms with E-state index in [9.17, 15) is 0 Å². The molecule has 0 aliphatic rings. The number of hydrogen-bond acceptors (Lipinski definition) is 4. The van der Waals surface area contributed by atoms with Crippen LogP contribution in [-0.4, -0.2) is 0 Å². The highest BCUT2D eigenvalue weighted by molar-refractivity contribution is 5.93. The molecule has 0 spiro atoms. The van der Waals surface area contributed by atoms with Gasteiger partial charge in [0.15, 0.2) is 0 Å². The lowest BCUT2D eigenvalue weighted by Gasteiger charge is -2.26. The van der Waals surface area contributed by atoms with E-state index in [1.807, 2.05) is 0 Å². The lowest BCUT2D eigenvalue weighted by molar-refractivity contribution is 1.28. The van der Waals surface area contributed by atoms with Gasteiger partial charge in [-0.25, -0.2) is 0 Å². The predicted octanol–water partition coefficient (Wildman–Crippen LogP) is 23.9. The molecular formula is C84H62N4. The largest absolute Gasteiger partial charge is 0.311 e. The van der Waals surface area contributed by atoms with E-state index in [4.69, 9.17) is 0 Å². The van der Waals surface area contributed by atoms with E-state index in [0.717, 1.165) is 102 Å². The van der Waals surface area contributed by atoms with Crippen LogP contribution in [0.15, 0.2) is 376 Å². The van der Waals surface area contributed by atoms with E-state index in [-0.39, 0.29) is 0 Å². The Kier molecular flexibility index (Phi) is 15.6. The maximum Gasteiger partial charge on any atom is 0.0462 e. The lowest BCUT2D eigenvalue weighted by atomic mass is 9.89. The maximum absolute atomic E-state index is 2.33. The zero-order valence-electron chi connectivity index (χ0n) is 48.6. The molecule has 0 atom stereocenters. The number of hydrogen-bond donors (Lipinski definition) is 0. The van der Waals surface area contributed by atoms with Gasteiger partial charge in [-0.3, -0.25) is 0 Å². The quantitative estimate of drug-likeness (QED) is 0.0901. The van der Waals surface area contributed by atoms with Gasteiger partial charge in [0.25, 0.3) is 0 Å². The Bertz CT molecular complexity index is 4150. The van der Waals surface area contributed by atoms with Gasteiger partial charge in [-0.2, -0.15) is 0 Å². The summed E-state index contributed by atoms with van der Waals surface area (Å²) in [5.41, 5.74) is 24.8. The number of rotatable bonds is 17. The highest BCUT2D eigenvalue weighted by atomic mass is 15.2. The van der Waals surface area contributed by atoms with Gasteiger partial charge >= 0.3 is 0 Å². The monoisotopic (exact) mass is 1130 g/mol. The van der Waals surface area contributed by atoms with Crippen molar-refractivity contribution >= 4 is 68.2 Å². The molecule has 0 N–H and O–H groups in total. The molecule has 14 aromatic rings. The molecule has 0 heterocycles. The molecule has 0 amide bonds. The minimum Gasteiger partial charge on any atom is -0.311 e. The van der Waals surface area contributed by atoms with Crippen LogP contribution < -0.4 is 19.6 Å². The normalized spacial score (nSPS) is 11.0. The summed E-state index contributed by atoms with van der Waals surface area (Å²) in [7, 11) is 0. The minimum atomic E-state index is 1.08. The molecule has 0 unspecified atom stereocenters. The third-order valence-electron chi connectivity index (χ3n) is 16.3. The van der Waals surface area contributed by atoms with E-state index in [0.29, 0.717) is 0 Å². The third kappa shape index (κ3) is 11.5. The zero-order chi connectivity index (χ0) is 58.9. The molecular weight excluding hydrogens is 1060 g/mol. The Morgan fingerprint density at radius 3 is 0.420 bits per heavy atom. The van der Waals surface area contributed by atoms with Crippen molar-refractivity contribution in [2.75, 3.05) is 19.6 Å². The third-order valence-corrected chi connectivity index (χ3v) is 16.3. The van der Waals surface area contributed by atoms with Crippen molar-refractivity contribution in [3.63, 3.8) is 0 Å². The first-order valence-electron chi connectivity index (χ1n) is 30.0. The van der Waals surface area contributed by atoms with Gasteiger partial charge in [-0.15, -0.1) is 0 Å². The molecule has 4 heteroatoms. The van der Waals surface area contributed by atoms with Crippen LogP contribution >= 0.6 is 0 Å². The van der Waals surface area contributed by atoms with Crippen molar-refractivity contribution < 1.29 is 0 Å². The number of benzene rings is 14. The van der Waals surface area contributed by atoms with Crippen LogP contribution in [0, 0.1) is 0 Å². The van der Waals surface area contributed by atoms with Crippen molar-refractivity contribution in [3.05, 3.63) is 376 Å². The molecule has 0 fully saturated rings. The smallest absolute Gasteiger partial charge is 0.0462 e. The molecule has 0 radical (unpaired) electrons. The minimum absolute atomic E-state index is 1.08. The topological polar surface area (TPSA) is 13.0 Å². The molecule has 0 saturated heterocycles. The van der Waals surface area contributed by atoms with E-state index >= 15 is 0 Å². The van der Waals surface area contributed by atoms with Crippen molar-refractivity contribution in [2.24, 2.45) is 0 Å². The molecule has 0 aliphatic heterocycles. The average Bonchev–Trinajstić information content (AvgIpc) is 2.36.